The van der Waals surface area contributed by atoms with Gasteiger partial charge in [-0.1, -0.05) is 12.1 Å². The first-order chi connectivity index (χ1) is 9.17. The molecule has 0 N–H and O–H groups in total. The van der Waals surface area contributed by atoms with Gasteiger partial charge in [0.25, 0.3) is 0 Å². The van der Waals surface area contributed by atoms with E-state index in [1.165, 1.54) is 7.11 Å². The predicted octanol–water partition coefficient (Wildman–Crippen LogP) is 2.39. The van der Waals surface area contributed by atoms with Gasteiger partial charge in [-0.3, -0.25) is 4.90 Å². The second-order valence-corrected chi connectivity index (χ2v) is 4.93. The fraction of sp³-hybridized carbons (Fsp3) is 0.533. The first kappa shape index (κ1) is 13.9. The molecule has 0 radical (unpaired) electrons. The van der Waals surface area contributed by atoms with Crippen LogP contribution in [0.25, 0.3) is 0 Å². The maximum atomic E-state index is 12.1. The highest BCUT2D eigenvalue weighted by Crippen LogP contribution is 2.31. The highest BCUT2D eigenvalue weighted by Gasteiger charge is 2.34. The Bertz CT molecular complexity index is 430. The Labute approximate surface area is 114 Å². The first-order valence-electron chi connectivity index (χ1n) is 6.65. The molecule has 1 heterocycles. The van der Waals surface area contributed by atoms with Crippen molar-refractivity contribution in [3.63, 3.8) is 0 Å². The van der Waals surface area contributed by atoms with Crippen molar-refractivity contribution < 1.29 is 14.3 Å². The lowest BCUT2D eigenvalue weighted by Crippen LogP contribution is -2.37. The lowest BCUT2D eigenvalue weighted by molar-refractivity contribution is -0.147. The van der Waals surface area contributed by atoms with Crippen molar-refractivity contribution in [2.24, 2.45) is 0 Å². The van der Waals surface area contributed by atoms with Crippen LogP contribution in [0.15, 0.2) is 24.3 Å². The van der Waals surface area contributed by atoms with E-state index in [-0.39, 0.29) is 12.0 Å². The van der Waals surface area contributed by atoms with Crippen LogP contribution in [0.4, 0.5) is 0 Å². The second-order valence-electron chi connectivity index (χ2n) is 4.93. The SMILES string of the molecule is COC(=O)[C@@H](c1ccc(OC)cc1)N1CCC[C@H]1C. The van der Waals surface area contributed by atoms with Crippen LogP contribution in [0.2, 0.25) is 0 Å². The topological polar surface area (TPSA) is 38.8 Å². The lowest BCUT2D eigenvalue weighted by atomic mass is 10.0. The summed E-state index contributed by atoms with van der Waals surface area (Å²) in [5.74, 6) is 0.598. The number of hydrogen-bond donors (Lipinski definition) is 0. The van der Waals surface area contributed by atoms with Crippen molar-refractivity contribution in [3.8, 4) is 5.75 Å². The maximum Gasteiger partial charge on any atom is 0.327 e. The van der Waals surface area contributed by atoms with E-state index in [0.29, 0.717) is 6.04 Å². The molecular formula is C15H21NO3. The summed E-state index contributed by atoms with van der Waals surface area (Å²) in [4.78, 5) is 14.3. The van der Waals surface area contributed by atoms with Gasteiger partial charge in [-0.25, -0.2) is 4.79 Å². The third-order valence-corrected chi connectivity index (χ3v) is 3.79. The van der Waals surface area contributed by atoms with Crippen LogP contribution in [0.1, 0.15) is 31.4 Å². The van der Waals surface area contributed by atoms with Gasteiger partial charge in [-0.05, 0) is 44.0 Å². The minimum Gasteiger partial charge on any atom is -0.497 e. The summed E-state index contributed by atoms with van der Waals surface area (Å²) in [5, 5.41) is 0. The average Bonchev–Trinajstić information content (AvgIpc) is 2.86. The van der Waals surface area contributed by atoms with E-state index < -0.39 is 0 Å². The summed E-state index contributed by atoms with van der Waals surface area (Å²) in [6.45, 7) is 3.10. The van der Waals surface area contributed by atoms with E-state index in [1.54, 1.807) is 7.11 Å². The normalized spacial score (nSPS) is 21.1. The molecule has 1 aliphatic rings. The summed E-state index contributed by atoms with van der Waals surface area (Å²) < 4.78 is 10.1. The molecule has 0 spiro atoms. The molecule has 0 saturated carbocycles. The third-order valence-electron chi connectivity index (χ3n) is 3.79. The van der Waals surface area contributed by atoms with E-state index in [0.717, 1.165) is 30.7 Å². The number of likely N-dealkylation sites (tertiary alicyclic amines) is 1. The number of esters is 1. The molecule has 1 fully saturated rings. The quantitative estimate of drug-likeness (QED) is 0.782. The molecule has 104 valence electrons. The number of rotatable bonds is 4. The van der Waals surface area contributed by atoms with Gasteiger partial charge in [0, 0.05) is 6.04 Å². The number of nitrogens with zero attached hydrogens (tertiary/aromatic N) is 1. The zero-order chi connectivity index (χ0) is 13.8. The molecule has 1 aromatic rings. The van der Waals surface area contributed by atoms with Gasteiger partial charge in [0.2, 0.25) is 0 Å². The number of carbonyl (C=O) groups excluding carboxylic acids is 1. The van der Waals surface area contributed by atoms with Crippen molar-refractivity contribution in [2.75, 3.05) is 20.8 Å². The van der Waals surface area contributed by atoms with Crippen molar-refractivity contribution in [1.82, 2.24) is 4.90 Å². The Morgan fingerprint density at radius 2 is 2.00 bits per heavy atom. The van der Waals surface area contributed by atoms with Crippen molar-refractivity contribution in [2.45, 2.75) is 31.8 Å². The smallest absolute Gasteiger partial charge is 0.327 e. The Hall–Kier alpha value is -1.55. The number of hydrogen-bond acceptors (Lipinski definition) is 4. The van der Waals surface area contributed by atoms with Gasteiger partial charge >= 0.3 is 5.97 Å². The molecule has 0 amide bonds. The van der Waals surface area contributed by atoms with Crippen LogP contribution >= 0.6 is 0 Å². The van der Waals surface area contributed by atoms with E-state index in [2.05, 4.69) is 11.8 Å². The molecule has 1 aliphatic heterocycles. The molecule has 4 heteroatoms. The average molecular weight is 263 g/mol. The van der Waals surface area contributed by atoms with E-state index in [1.807, 2.05) is 24.3 Å². The van der Waals surface area contributed by atoms with E-state index in [9.17, 15) is 4.79 Å². The van der Waals surface area contributed by atoms with Gasteiger partial charge in [-0.15, -0.1) is 0 Å². The summed E-state index contributed by atoms with van der Waals surface area (Å²) >= 11 is 0. The Morgan fingerprint density at radius 1 is 1.32 bits per heavy atom. The summed E-state index contributed by atoms with van der Waals surface area (Å²) in [6.07, 6.45) is 2.26. The fourth-order valence-electron chi connectivity index (χ4n) is 2.70. The minimum atomic E-state index is -0.312. The van der Waals surface area contributed by atoms with Gasteiger partial charge in [-0.2, -0.15) is 0 Å². The number of methoxy groups -OCH3 is 2. The summed E-state index contributed by atoms with van der Waals surface area (Å²) in [7, 11) is 3.08. The van der Waals surface area contributed by atoms with Crippen LogP contribution in [0.3, 0.4) is 0 Å². The lowest BCUT2D eigenvalue weighted by Gasteiger charge is -2.29. The Kier molecular flexibility index (Phi) is 4.43. The van der Waals surface area contributed by atoms with Gasteiger partial charge in [0.05, 0.1) is 14.2 Å². The second kappa shape index (κ2) is 6.06. The van der Waals surface area contributed by atoms with Crippen LogP contribution in [-0.2, 0) is 9.53 Å². The molecule has 2 rings (SSSR count). The monoisotopic (exact) mass is 263 g/mol. The molecule has 0 aliphatic carbocycles. The maximum absolute atomic E-state index is 12.1. The molecule has 2 atom stereocenters. The molecule has 19 heavy (non-hydrogen) atoms. The van der Waals surface area contributed by atoms with E-state index in [4.69, 9.17) is 9.47 Å². The standard InChI is InChI=1S/C15H21NO3/c1-11-5-4-10-16(11)14(15(17)19-3)12-6-8-13(18-2)9-7-12/h6-9,11,14H,4-5,10H2,1-3H3/t11-,14-/m1/s1. The molecule has 1 saturated heterocycles. The summed E-state index contributed by atoms with van der Waals surface area (Å²) in [6, 6.07) is 7.73. The van der Waals surface area contributed by atoms with Gasteiger partial charge in [0.15, 0.2) is 0 Å². The molecule has 4 nitrogen and oxygen atoms in total. The molecule has 0 aromatic heterocycles. The Morgan fingerprint density at radius 3 is 2.47 bits per heavy atom. The minimum absolute atomic E-state index is 0.195. The number of benzene rings is 1. The van der Waals surface area contributed by atoms with Crippen molar-refractivity contribution in [1.29, 1.82) is 0 Å². The van der Waals surface area contributed by atoms with Crippen LogP contribution < -0.4 is 4.74 Å². The van der Waals surface area contributed by atoms with Crippen LogP contribution in [-0.4, -0.2) is 37.7 Å². The largest absolute Gasteiger partial charge is 0.497 e. The zero-order valence-corrected chi connectivity index (χ0v) is 11.8. The molecule has 1 aromatic carbocycles. The van der Waals surface area contributed by atoms with Crippen molar-refractivity contribution >= 4 is 5.97 Å². The number of carbonyl (C=O) groups is 1. The van der Waals surface area contributed by atoms with Gasteiger partial charge < -0.3 is 9.47 Å². The molecular weight excluding hydrogens is 242 g/mol. The highest BCUT2D eigenvalue weighted by atomic mass is 16.5. The summed E-state index contributed by atoms with van der Waals surface area (Å²) in [5.41, 5.74) is 0.960. The first-order valence-corrected chi connectivity index (χ1v) is 6.65. The highest BCUT2D eigenvalue weighted by molar-refractivity contribution is 5.77. The fourth-order valence-corrected chi connectivity index (χ4v) is 2.70. The molecule has 0 unspecified atom stereocenters. The van der Waals surface area contributed by atoms with Crippen LogP contribution in [0.5, 0.6) is 5.75 Å². The molecule has 0 bridgehead atoms. The number of ether oxygens (including phenoxy) is 2. The predicted molar refractivity (Wildman–Crippen MR) is 73.2 cm³/mol. The van der Waals surface area contributed by atoms with Crippen molar-refractivity contribution in [3.05, 3.63) is 29.8 Å². The zero-order valence-electron chi connectivity index (χ0n) is 11.8. The van der Waals surface area contributed by atoms with Gasteiger partial charge in [0.1, 0.15) is 11.8 Å². The van der Waals surface area contributed by atoms with Crippen LogP contribution in [0, 0.1) is 0 Å². The van der Waals surface area contributed by atoms with E-state index >= 15 is 0 Å². The Balaban J connectivity index is 2.28. The third kappa shape index (κ3) is 2.89.